The van der Waals surface area contributed by atoms with Crippen molar-refractivity contribution in [3.8, 4) is 11.1 Å². The van der Waals surface area contributed by atoms with Crippen molar-refractivity contribution in [2.75, 3.05) is 17.2 Å². The Kier molecular flexibility index (Phi) is 5.48. The predicted octanol–water partition coefficient (Wildman–Crippen LogP) is 5.25. The molecule has 2 heterocycles. The van der Waals surface area contributed by atoms with Crippen LogP contribution in [0.4, 0.5) is 15.9 Å². The first-order valence-corrected chi connectivity index (χ1v) is 10.0. The van der Waals surface area contributed by atoms with E-state index < -0.39 is 0 Å². The van der Waals surface area contributed by atoms with Crippen molar-refractivity contribution >= 4 is 39.0 Å². The molecule has 0 fully saturated rings. The highest BCUT2D eigenvalue weighted by atomic mass is 32.1. The first kappa shape index (κ1) is 19.0. The van der Waals surface area contributed by atoms with Gasteiger partial charge >= 0.3 is 0 Å². The van der Waals surface area contributed by atoms with E-state index in [9.17, 15) is 9.18 Å². The van der Waals surface area contributed by atoms with Gasteiger partial charge in [-0.05, 0) is 30.7 Å². The van der Waals surface area contributed by atoms with Gasteiger partial charge in [-0.3, -0.25) is 4.79 Å². The quantitative estimate of drug-likeness (QED) is 0.459. The lowest BCUT2D eigenvalue weighted by Crippen LogP contribution is -2.16. The number of hydrogen-bond acceptors (Lipinski definition) is 5. The third-order valence-corrected chi connectivity index (χ3v) is 5.49. The third kappa shape index (κ3) is 4.25. The molecule has 2 aromatic carbocycles. The monoisotopic (exact) mass is 406 g/mol. The minimum Gasteiger partial charge on any atom is -0.369 e. The molecule has 146 valence electrons. The van der Waals surface area contributed by atoms with Crippen LogP contribution < -0.4 is 10.6 Å². The molecule has 4 aromatic rings. The van der Waals surface area contributed by atoms with Crippen LogP contribution in [0.15, 0.2) is 60.9 Å². The van der Waals surface area contributed by atoms with Gasteiger partial charge in [0.1, 0.15) is 22.8 Å². The van der Waals surface area contributed by atoms with Gasteiger partial charge in [-0.25, -0.2) is 14.4 Å². The van der Waals surface area contributed by atoms with Crippen LogP contribution >= 0.6 is 11.3 Å². The SMILES string of the molecule is Cc1sc2ncnc(NCCC(=O)Nc3cccc(F)c3)c2c1-c1ccccc1. The van der Waals surface area contributed by atoms with E-state index in [1.807, 2.05) is 18.2 Å². The van der Waals surface area contributed by atoms with Gasteiger partial charge in [-0.2, -0.15) is 0 Å². The number of aryl methyl sites for hydroxylation is 1. The van der Waals surface area contributed by atoms with Crippen LogP contribution in [0.2, 0.25) is 0 Å². The van der Waals surface area contributed by atoms with E-state index in [-0.39, 0.29) is 18.1 Å². The van der Waals surface area contributed by atoms with Gasteiger partial charge in [-0.1, -0.05) is 36.4 Å². The minimum absolute atomic E-state index is 0.196. The second-order valence-electron chi connectivity index (χ2n) is 6.54. The number of carbonyl (C=O) groups excluding carboxylic acids is 1. The maximum absolute atomic E-state index is 13.2. The molecule has 29 heavy (non-hydrogen) atoms. The number of hydrogen-bond donors (Lipinski definition) is 2. The Bertz CT molecular complexity index is 1160. The average molecular weight is 406 g/mol. The highest BCUT2D eigenvalue weighted by Crippen LogP contribution is 2.40. The number of nitrogens with zero attached hydrogens (tertiary/aromatic N) is 2. The predicted molar refractivity (Wildman–Crippen MR) is 116 cm³/mol. The van der Waals surface area contributed by atoms with Crippen molar-refractivity contribution in [2.45, 2.75) is 13.3 Å². The maximum Gasteiger partial charge on any atom is 0.226 e. The summed E-state index contributed by atoms with van der Waals surface area (Å²) >= 11 is 1.62. The fraction of sp³-hybridized carbons (Fsp3) is 0.136. The van der Waals surface area contributed by atoms with Crippen molar-refractivity contribution in [3.63, 3.8) is 0 Å². The van der Waals surface area contributed by atoms with E-state index in [1.165, 1.54) is 23.3 Å². The highest BCUT2D eigenvalue weighted by molar-refractivity contribution is 7.19. The fourth-order valence-electron chi connectivity index (χ4n) is 3.21. The molecule has 2 N–H and O–H groups in total. The topological polar surface area (TPSA) is 66.9 Å². The van der Waals surface area contributed by atoms with Gasteiger partial charge in [0.15, 0.2) is 0 Å². The number of anilines is 2. The summed E-state index contributed by atoms with van der Waals surface area (Å²) in [6.07, 6.45) is 1.76. The Balaban J connectivity index is 1.50. The molecule has 0 bridgehead atoms. The summed E-state index contributed by atoms with van der Waals surface area (Å²) in [6, 6.07) is 16.0. The molecule has 0 saturated heterocycles. The highest BCUT2D eigenvalue weighted by Gasteiger charge is 2.16. The molecule has 0 aliphatic carbocycles. The first-order chi connectivity index (χ1) is 14.1. The van der Waals surface area contributed by atoms with Crippen LogP contribution in [-0.4, -0.2) is 22.4 Å². The molecule has 2 aromatic heterocycles. The Morgan fingerprint density at radius 3 is 2.72 bits per heavy atom. The molecule has 1 amide bonds. The van der Waals surface area contributed by atoms with Crippen LogP contribution in [0.25, 0.3) is 21.3 Å². The normalized spacial score (nSPS) is 10.8. The summed E-state index contributed by atoms with van der Waals surface area (Å²) in [5, 5.41) is 6.92. The Labute approximate surface area is 171 Å². The molecule has 4 rings (SSSR count). The zero-order valence-corrected chi connectivity index (χ0v) is 16.6. The molecular weight excluding hydrogens is 387 g/mol. The Hall–Kier alpha value is -3.32. The van der Waals surface area contributed by atoms with Crippen molar-refractivity contribution < 1.29 is 9.18 Å². The number of nitrogens with one attached hydrogen (secondary N) is 2. The largest absolute Gasteiger partial charge is 0.369 e. The molecule has 0 aliphatic rings. The van der Waals surface area contributed by atoms with Crippen LogP contribution in [0.3, 0.4) is 0 Å². The zero-order chi connectivity index (χ0) is 20.2. The fourth-order valence-corrected chi connectivity index (χ4v) is 4.23. The van der Waals surface area contributed by atoms with Gasteiger partial charge in [0.25, 0.3) is 0 Å². The molecule has 0 radical (unpaired) electrons. The molecule has 7 heteroatoms. The lowest BCUT2D eigenvalue weighted by molar-refractivity contribution is -0.115. The van der Waals surface area contributed by atoms with E-state index >= 15 is 0 Å². The summed E-state index contributed by atoms with van der Waals surface area (Å²) in [4.78, 5) is 23.0. The smallest absolute Gasteiger partial charge is 0.226 e. The van der Waals surface area contributed by atoms with Gasteiger partial charge in [-0.15, -0.1) is 11.3 Å². The summed E-state index contributed by atoms with van der Waals surface area (Å²) in [5.41, 5.74) is 2.66. The number of fused-ring (bicyclic) bond motifs is 1. The average Bonchev–Trinajstić information content (AvgIpc) is 3.05. The van der Waals surface area contributed by atoms with Gasteiger partial charge in [0, 0.05) is 29.1 Å². The number of thiophene rings is 1. The molecule has 0 unspecified atom stereocenters. The summed E-state index contributed by atoms with van der Waals surface area (Å²) in [7, 11) is 0. The maximum atomic E-state index is 13.2. The summed E-state index contributed by atoms with van der Waals surface area (Å²) in [5.74, 6) is 0.125. The van der Waals surface area contributed by atoms with E-state index in [1.54, 1.807) is 23.5 Å². The number of amides is 1. The van der Waals surface area contributed by atoms with Crippen molar-refractivity contribution in [3.05, 3.63) is 71.6 Å². The number of rotatable bonds is 6. The Morgan fingerprint density at radius 1 is 1.10 bits per heavy atom. The molecule has 0 spiro atoms. The first-order valence-electron chi connectivity index (χ1n) is 9.20. The Morgan fingerprint density at radius 2 is 1.93 bits per heavy atom. The second kappa shape index (κ2) is 8.36. The van der Waals surface area contributed by atoms with Crippen LogP contribution in [0, 0.1) is 12.7 Å². The van der Waals surface area contributed by atoms with Crippen molar-refractivity contribution in [1.82, 2.24) is 9.97 Å². The van der Waals surface area contributed by atoms with Gasteiger partial charge < -0.3 is 10.6 Å². The van der Waals surface area contributed by atoms with E-state index in [0.717, 1.165) is 21.3 Å². The zero-order valence-electron chi connectivity index (χ0n) is 15.8. The number of benzene rings is 2. The molecule has 0 atom stereocenters. The summed E-state index contributed by atoms with van der Waals surface area (Å²) < 4.78 is 13.2. The van der Waals surface area contributed by atoms with Crippen molar-refractivity contribution in [2.24, 2.45) is 0 Å². The lowest BCUT2D eigenvalue weighted by atomic mass is 10.0. The van der Waals surface area contributed by atoms with Crippen molar-refractivity contribution in [1.29, 1.82) is 0 Å². The molecule has 0 saturated carbocycles. The third-order valence-electron chi connectivity index (χ3n) is 4.48. The second-order valence-corrected chi connectivity index (χ2v) is 7.74. The standard InChI is InChI=1S/C22H19FN4OS/c1-14-19(15-6-3-2-4-7-15)20-21(25-13-26-22(20)29-14)24-11-10-18(28)27-17-9-5-8-16(23)12-17/h2-9,12-13H,10-11H2,1H3,(H,27,28)(H,24,25,26). The van der Waals surface area contributed by atoms with E-state index in [4.69, 9.17) is 0 Å². The van der Waals surface area contributed by atoms with Gasteiger partial charge in [0.05, 0.1) is 5.39 Å². The number of aromatic nitrogens is 2. The minimum atomic E-state index is -0.384. The van der Waals surface area contributed by atoms with Crippen LogP contribution in [0.1, 0.15) is 11.3 Å². The lowest BCUT2D eigenvalue weighted by Gasteiger charge is -2.09. The van der Waals surface area contributed by atoms with Gasteiger partial charge in [0.2, 0.25) is 5.91 Å². The van der Waals surface area contributed by atoms with Crippen LogP contribution in [-0.2, 0) is 4.79 Å². The van der Waals surface area contributed by atoms with Crippen LogP contribution in [0.5, 0.6) is 0 Å². The molecule has 0 aliphatic heterocycles. The number of carbonyl (C=O) groups is 1. The van der Waals surface area contributed by atoms with E-state index in [0.29, 0.717) is 18.1 Å². The summed E-state index contributed by atoms with van der Waals surface area (Å²) in [6.45, 7) is 2.47. The van der Waals surface area contributed by atoms with E-state index in [2.05, 4.69) is 39.7 Å². The number of halogens is 1. The molecule has 5 nitrogen and oxygen atoms in total. The molecular formula is C22H19FN4OS.